The van der Waals surface area contributed by atoms with E-state index in [-0.39, 0.29) is 22.8 Å². The Hall–Kier alpha value is -0.670. The third-order valence-electron chi connectivity index (χ3n) is 3.93. The Kier molecular flexibility index (Phi) is 3.32. The highest BCUT2D eigenvalue weighted by Crippen LogP contribution is 2.43. The van der Waals surface area contributed by atoms with Crippen LogP contribution in [0.3, 0.4) is 0 Å². The fraction of sp³-hybridized carbons (Fsp3) is 0.769. The summed E-state index contributed by atoms with van der Waals surface area (Å²) in [4.78, 5) is 11.9. The van der Waals surface area contributed by atoms with Crippen LogP contribution in [0.2, 0.25) is 0 Å². The van der Waals surface area contributed by atoms with E-state index in [1.54, 1.807) is 0 Å². The van der Waals surface area contributed by atoms with Crippen molar-refractivity contribution >= 4 is 5.78 Å². The van der Waals surface area contributed by atoms with Gasteiger partial charge in [0, 0.05) is 17.0 Å². The fourth-order valence-electron chi connectivity index (χ4n) is 3.39. The lowest BCUT2D eigenvalue weighted by Gasteiger charge is -2.56. The summed E-state index contributed by atoms with van der Waals surface area (Å²) in [5.74, 6) is 6.54. The molecule has 3 heteroatoms. The monoisotopic (exact) mass is 224 g/mol. The number of allylic oxidation sites excluding steroid dienone is 1. The quantitative estimate of drug-likeness (QED) is 0.577. The van der Waals surface area contributed by atoms with E-state index < -0.39 is 0 Å². The first-order valence-corrected chi connectivity index (χ1v) is 5.86. The first-order chi connectivity index (χ1) is 7.14. The minimum Gasteiger partial charge on any atom is -0.294 e. The van der Waals surface area contributed by atoms with Crippen LogP contribution in [0, 0.1) is 11.8 Å². The summed E-state index contributed by atoms with van der Waals surface area (Å²) in [6.07, 6.45) is 2.35. The van der Waals surface area contributed by atoms with Gasteiger partial charge in [0.2, 0.25) is 0 Å². The second-order valence-corrected chi connectivity index (χ2v) is 6.10. The van der Waals surface area contributed by atoms with Gasteiger partial charge in [0.15, 0.2) is 5.78 Å². The number of ketones is 1. The molecule has 2 unspecified atom stereocenters. The van der Waals surface area contributed by atoms with E-state index in [1.165, 1.54) is 6.08 Å². The molecule has 3 nitrogen and oxygen atoms in total. The molecule has 2 N–H and O–H groups in total. The fourth-order valence-corrected chi connectivity index (χ4v) is 3.39. The van der Waals surface area contributed by atoms with Gasteiger partial charge in [0.05, 0.1) is 0 Å². The molecule has 0 aliphatic carbocycles. The molecular formula is C13H24N2O. The molecule has 1 fully saturated rings. The average molecular weight is 224 g/mol. The molecule has 0 aromatic rings. The Morgan fingerprint density at radius 3 is 2.38 bits per heavy atom. The van der Waals surface area contributed by atoms with Gasteiger partial charge in [-0.1, -0.05) is 13.5 Å². The van der Waals surface area contributed by atoms with Gasteiger partial charge in [-0.2, -0.15) is 0 Å². The van der Waals surface area contributed by atoms with E-state index in [0.717, 1.165) is 6.42 Å². The van der Waals surface area contributed by atoms with Crippen LogP contribution >= 0.6 is 0 Å². The maximum atomic E-state index is 11.9. The molecule has 1 aliphatic rings. The van der Waals surface area contributed by atoms with Crippen molar-refractivity contribution in [3.63, 3.8) is 0 Å². The van der Waals surface area contributed by atoms with Crippen molar-refractivity contribution in [3.8, 4) is 0 Å². The zero-order chi connectivity index (χ0) is 12.7. The highest BCUT2D eigenvalue weighted by molar-refractivity contribution is 5.92. The van der Waals surface area contributed by atoms with E-state index in [2.05, 4.69) is 27.4 Å². The molecular weight excluding hydrogens is 200 g/mol. The summed E-state index contributed by atoms with van der Waals surface area (Å²) in [5.41, 5.74) is -0.396. The smallest absolute Gasteiger partial charge is 0.160 e. The van der Waals surface area contributed by atoms with E-state index in [1.807, 2.05) is 18.9 Å². The summed E-state index contributed by atoms with van der Waals surface area (Å²) in [6, 6.07) is 0. The van der Waals surface area contributed by atoms with Gasteiger partial charge >= 0.3 is 0 Å². The molecule has 0 saturated carbocycles. The average Bonchev–Trinajstić information content (AvgIpc) is 2.13. The van der Waals surface area contributed by atoms with Crippen molar-refractivity contribution in [1.29, 1.82) is 0 Å². The maximum absolute atomic E-state index is 11.9. The number of hydrazine groups is 1. The van der Waals surface area contributed by atoms with E-state index >= 15 is 0 Å². The lowest BCUT2D eigenvalue weighted by Crippen LogP contribution is -2.68. The second-order valence-electron chi connectivity index (χ2n) is 6.10. The van der Waals surface area contributed by atoms with Gasteiger partial charge in [-0.05, 0) is 46.1 Å². The predicted molar refractivity (Wildman–Crippen MR) is 66.7 cm³/mol. The number of hydrogen-bond donors (Lipinski definition) is 1. The van der Waals surface area contributed by atoms with Crippen LogP contribution < -0.4 is 5.84 Å². The van der Waals surface area contributed by atoms with Crippen LogP contribution in [0.1, 0.15) is 41.0 Å². The third-order valence-corrected chi connectivity index (χ3v) is 3.93. The normalized spacial score (nSPS) is 33.4. The lowest BCUT2D eigenvalue weighted by atomic mass is 9.66. The Bertz CT molecular complexity index is 307. The summed E-state index contributed by atoms with van der Waals surface area (Å²) in [6.45, 7) is 14.0. The van der Waals surface area contributed by atoms with Crippen LogP contribution in [0.15, 0.2) is 12.7 Å². The molecule has 16 heavy (non-hydrogen) atoms. The summed E-state index contributed by atoms with van der Waals surface area (Å²) >= 11 is 0. The molecule has 92 valence electrons. The summed E-state index contributed by atoms with van der Waals surface area (Å²) in [5, 5.41) is 1.84. The van der Waals surface area contributed by atoms with E-state index in [4.69, 9.17) is 5.84 Å². The van der Waals surface area contributed by atoms with Crippen molar-refractivity contribution < 1.29 is 4.79 Å². The van der Waals surface area contributed by atoms with Crippen LogP contribution in [-0.4, -0.2) is 21.9 Å². The van der Waals surface area contributed by atoms with Crippen LogP contribution in [0.4, 0.5) is 0 Å². The molecule has 2 atom stereocenters. The first-order valence-electron chi connectivity index (χ1n) is 5.86. The van der Waals surface area contributed by atoms with Gasteiger partial charge in [-0.25, -0.2) is 5.01 Å². The predicted octanol–water partition coefficient (Wildman–Crippen LogP) is 2.13. The third kappa shape index (κ3) is 1.94. The molecule has 0 bridgehead atoms. The second kappa shape index (κ2) is 3.97. The van der Waals surface area contributed by atoms with Gasteiger partial charge in [-0.15, -0.1) is 0 Å². The molecule has 0 amide bonds. The highest BCUT2D eigenvalue weighted by atomic mass is 16.1. The number of piperidine rings is 1. The first kappa shape index (κ1) is 13.4. The molecule has 0 spiro atoms. The van der Waals surface area contributed by atoms with Crippen molar-refractivity contribution in [2.24, 2.45) is 17.7 Å². The minimum atomic E-state index is -0.327. The highest BCUT2D eigenvalue weighted by Gasteiger charge is 2.51. The molecule has 0 aromatic carbocycles. The molecule has 1 heterocycles. The van der Waals surface area contributed by atoms with Crippen LogP contribution in [0.25, 0.3) is 0 Å². The van der Waals surface area contributed by atoms with Crippen molar-refractivity contribution in [1.82, 2.24) is 5.01 Å². The topological polar surface area (TPSA) is 46.3 Å². The molecule has 1 aliphatic heterocycles. The zero-order valence-corrected chi connectivity index (χ0v) is 11.1. The minimum absolute atomic E-state index is 0.0666. The van der Waals surface area contributed by atoms with Crippen molar-refractivity contribution in [2.75, 3.05) is 0 Å². The Labute approximate surface area is 98.7 Å². The van der Waals surface area contributed by atoms with Gasteiger partial charge in [0.25, 0.3) is 0 Å². The van der Waals surface area contributed by atoms with Crippen LogP contribution in [-0.2, 0) is 4.79 Å². The van der Waals surface area contributed by atoms with E-state index in [0.29, 0.717) is 5.92 Å². The van der Waals surface area contributed by atoms with Gasteiger partial charge in [0.1, 0.15) is 0 Å². The summed E-state index contributed by atoms with van der Waals surface area (Å²) in [7, 11) is 0. The molecule has 1 saturated heterocycles. The number of carbonyl (C=O) groups is 1. The molecule has 1 rings (SSSR count). The van der Waals surface area contributed by atoms with E-state index in [9.17, 15) is 4.79 Å². The number of carbonyl (C=O) groups excluding carboxylic acids is 1. The van der Waals surface area contributed by atoms with Gasteiger partial charge < -0.3 is 0 Å². The number of nitrogens with two attached hydrogens (primary N) is 1. The lowest BCUT2D eigenvalue weighted by molar-refractivity contribution is -0.138. The van der Waals surface area contributed by atoms with Crippen molar-refractivity contribution in [3.05, 3.63) is 12.7 Å². The Morgan fingerprint density at radius 1 is 1.44 bits per heavy atom. The Morgan fingerprint density at radius 2 is 1.94 bits per heavy atom. The zero-order valence-electron chi connectivity index (χ0n) is 11.1. The van der Waals surface area contributed by atoms with Crippen molar-refractivity contribution in [2.45, 2.75) is 52.1 Å². The standard InChI is InChI=1S/C13H24N2O/c1-7-10(16)11-9(2)8-12(3,4)15(14)13(11,5)6/h7,9,11H,1,8,14H2,2-6H3. The largest absolute Gasteiger partial charge is 0.294 e. The maximum Gasteiger partial charge on any atom is 0.160 e. The molecule has 0 aromatic heterocycles. The Balaban J connectivity index is 3.13. The summed E-state index contributed by atoms with van der Waals surface area (Å²) < 4.78 is 0. The van der Waals surface area contributed by atoms with Crippen LogP contribution in [0.5, 0.6) is 0 Å². The SMILES string of the molecule is C=CC(=O)C1C(C)CC(C)(C)N(N)C1(C)C. The number of rotatable bonds is 2. The molecule has 0 radical (unpaired) electrons. The number of nitrogens with zero attached hydrogens (tertiary/aromatic N) is 1. The number of hydrogen-bond acceptors (Lipinski definition) is 3. The van der Waals surface area contributed by atoms with Gasteiger partial charge in [-0.3, -0.25) is 10.6 Å².